The molecule has 0 atom stereocenters. The number of nitrogens with one attached hydrogen (secondary N) is 2. The van der Waals surface area contributed by atoms with Gasteiger partial charge in [0.25, 0.3) is 5.91 Å². The van der Waals surface area contributed by atoms with Gasteiger partial charge in [-0.2, -0.15) is 0 Å². The standard InChI is InChI=1S/C20H21N5O2S/c1-14(2)15-8-10-17(11-9-15)25-13-21-24-20(25)28-12-18(26)22-23-19(27)16-6-4-3-5-7-16/h3-11,13-14H,12H2,1-2H3,(H,22,26)(H,23,27). The summed E-state index contributed by atoms with van der Waals surface area (Å²) in [7, 11) is 0. The molecule has 0 aliphatic carbocycles. The number of rotatable bonds is 6. The summed E-state index contributed by atoms with van der Waals surface area (Å²) in [6, 6.07) is 16.8. The van der Waals surface area contributed by atoms with E-state index in [2.05, 4.69) is 47.0 Å². The van der Waals surface area contributed by atoms with Gasteiger partial charge in [-0.15, -0.1) is 10.2 Å². The topological polar surface area (TPSA) is 88.9 Å². The van der Waals surface area contributed by atoms with Crippen molar-refractivity contribution < 1.29 is 9.59 Å². The molecule has 144 valence electrons. The zero-order chi connectivity index (χ0) is 19.9. The van der Waals surface area contributed by atoms with Crippen molar-refractivity contribution in [1.82, 2.24) is 25.6 Å². The van der Waals surface area contributed by atoms with E-state index in [4.69, 9.17) is 0 Å². The highest BCUT2D eigenvalue weighted by molar-refractivity contribution is 7.99. The van der Waals surface area contributed by atoms with Gasteiger partial charge < -0.3 is 0 Å². The molecule has 0 radical (unpaired) electrons. The quantitative estimate of drug-likeness (QED) is 0.495. The Balaban J connectivity index is 1.54. The average Bonchev–Trinajstić information content (AvgIpc) is 3.19. The Morgan fingerprint density at radius 3 is 2.43 bits per heavy atom. The van der Waals surface area contributed by atoms with Crippen molar-refractivity contribution in [3.05, 3.63) is 72.1 Å². The highest BCUT2D eigenvalue weighted by Gasteiger charge is 2.12. The molecule has 7 nitrogen and oxygen atoms in total. The molecule has 1 aromatic heterocycles. The van der Waals surface area contributed by atoms with Gasteiger partial charge in [0, 0.05) is 11.3 Å². The maximum absolute atomic E-state index is 12.0. The molecule has 0 aliphatic heterocycles. The van der Waals surface area contributed by atoms with E-state index in [0.29, 0.717) is 16.6 Å². The number of carbonyl (C=O) groups excluding carboxylic acids is 2. The molecule has 3 aromatic rings. The van der Waals surface area contributed by atoms with Crippen LogP contribution in [0.25, 0.3) is 5.69 Å². The third-order valence-corrected chi connectivity index (χ3v) is 4.98. The fourth-order valence-corrected chi connectivity index (χ4v) is 3.20. The predicted molar refractivity (Wildman–Crippen MR) is 108 cm³/mol. The first kappa shape index (κ1) is 19.6. The molecule has 1 heterocycles. The van der Waals surface area contributed by atoms with Gasteiger partial charge in [-0.05, 0) is 35.7 Å². The Morgan fingerprint density at radius 1 is 1.04 bits per heavy atom. The molecule has 2 N–H and O–H groups in total. The van der Waals surface area contributed by atoms with Crippen LogP contribution in [0.2, 0.25) is 0 Å². The van der Waals surface area contributed by atoms with Gasteiger partial charge in [-0.25, -0.2) is 0 Å². The first-order chi connectivity index (χ1) is 13.5. The Labute approximate surface area is 167 Å². The van der Waals surface area contributed by atoms with Crippen LogP contribution in [0.3, 0.4) is 0 Å². The molecular weight excluding hydrogens is 374 g/mol. The Bertz CT molecular complexity index is 939. The van der Waals surface area contributed by atoms with E-state index >= 15 is 0 Å². The minimum Gasteiger partial charge on any atom is -0.277 e. The fourth-order valence-electron chi connectivity index (χ4n) is 2.47. The monoisotopic (exact) mass is 395 g/mol. The second kappa shape index (κ2) is 9.18. The Kier molecular flexibility index (Phi) is 6.44. The number of hydrazine groups is 1. The molecule has 2 amide bonds. The molecule has 0 bridgehead atoms. The fraction of sp³-hybridized carbons (Fsp3) is 0.200. The molecule has 2 aromatic carbocycles. The normalized spacial score (nSPS) is 10.7. The lowest BCUT2D eigenvalue weighted by Gasteiger charge is -2.10. The van der Waals surface area contributed by atoms with E-state index in [1.165, 1.54) is 17.3 Å². The van der Waals surface area contributed by atoms with E-state index in [0.717, 1.165) is 5.69 Å². The second-order valence-electron chi connectivity index (χ2n) is 6.39. The van der Waals surface area contributed by atoms with Crippen molar-refractivity contribution >= 4 is 23.6 Å². The van der Waals surface area contributed by atoms with Crippen LogP contribution in [-0.4, -0.2) is 32.3 Å². The molecule has 0 aliphatic rings. The molecule has 8 heteroatoms. The van der Waals surface area contributed by atoms with Crippen LogP contribution in [0.5, 0.6) is 0 Å². The third kappa shape index (κ3) is 4.98. The van der Waals surface area contributed by atoms with Crippen LogP contribution in [0.1, 0.15) is 35.7 Å². The van der Waals surface area contributed by atoms with Crippen molar-refractivity contribution in [2.45, 2.75) is 24.9 Å². The molecule has 0 fully saturated rings. The number of aromatic nitrogens is 3. The number of carbonyl (C=O) groups is 2. The first-order valence-electron chi connectivity index (χ1n) is 8.82. The predicted octanol–water partition coefficient (Wildman–Crippen LogP) is 2.94. The van der Waals surface area contributed by atoms with Crippen molar-refractivity contribution in [2.24, 2.45) is 0 Å². The maximum Gasteiger partial charge on any atom is 0.269 e. The van der Waals surface area contributed by atoms with Gasteiger partial charge in [0.15, 0.2) is 5.16 Å². The lowest BCUT2D eigenvalue weighted by atomic mass is 10.0. The van der Waals surface area contributed by atoms with E-state index in [-0.39, 0.29) is 17.6 Å². The molecule has 0 spiro atoms. The second-order valence-corrected chi connectivity index (χ2v) is 7.33. The van der Waals surface area contributed by atoms with Crippen molar-refractivity contribution in [3.8, 4) is 5.69 Å². The summed E-state index contributed by atoms with van der Waals surface area (Å²) in [5, 5.41) is 8.61. The number of thioether (sulfide) groups is 1. The highest BCUT2D eigenvalue weighted by atomic mass is 32.2. The average molecular weight is 395 g/mol. The number of amides is 2. The number of hydrogen-bond donors (Lipinski definition) is 2. The number of nitrogens with zero attached hydrogens (tertiary/aromatic N) is 3. The molecule has 0 saturated heterocycles. The molecule has 0 unspecified atom stereocenters. The molecule has 0 saturated carbocycles. The van der Waals surface area contributed by atoms with Crippen molar-refractivity contribution in [3.63, 3.8) is 0 Å². The summed E-state index contributed by atoms with van der Waals surface area (Å²) in [4.78, 5) is 24.0. The van der Waals surface area contributed by atoms with Crippen LogP contribution in [0.15, 0.2) is 66.1 Å². The van der Waals surface area contributed by atoms with Crippen molar-refractivity contribution in [2.75, 3.05) is 5.75 Å². The summed E-state index contributed by atoms with van der Waals surface area (Å²) in [6.07, 6.45) is 1.61. The smallest absolute Gasteiger partial charge is 0.269 e. The van der Waals surface area contributed by atoms with Crippen molar-refractivity contribution in [1.29, 1.82) is 0 Å². The van der Waals surface area contributed by atoms with Crippen LogP contribution < -0.4 is 10.9 Å². The van der Waals surface area contributed by atoms with Crippen LogP contribution in [-0.2, 0) is 4.79 Å². The largest absolute Gasteiger partial charge is 0.277 e. The van der Waals surface area contributed by atoms with E-state index in [1.54, 1.807) is 30.6 Å². The lowest BCUT2D eigenvalue weighted by molar-refractivity contribution is -0.119. The zero-order valence-electron chi connectivity index (χ0n) is 15.6. The van der Waals surface area contributed by atoms with Gasteiger partial charge in [0.2, 0.25) is 5.91 Å². The summed E-state index contributed by atoms with van der Waals surface area (Å²) >= 11 is 1.24. The summed E-state index contributed by atoms with van der Waals surface area (Å²) in [5.74, 6) is -0.150. The minimum atomic E-state index is -0.368. The third-order valence-electron chi connectivity index (χ3n) is 4.04. The van der Waals surface area contributed by atoms with Gasteiger partial charge in [0.05, 0.1) is 5.75 Å². The van der Waals surface area contributed by atoms with E-state index in [9.17, 15) is 9.59 Å². The van der Waals surface area contributed by atoms with Crippen LogP contribution in [0, 0.1) is 0 Å². The van der Waals surface area contributed by atoms with E-state index in [1.807, 2.05) is 22.8 Å². The van der Waals surface area contributed by atoms with Gasteiger partial charge in [0.1, 0.15) is 6.33 Å². The minimum absolute atomic E-state index is 0.0951. The number of benzene rings is 2. The van der Waals surface area contributed by atoms with Gasteiger partial charge >= 0.3 is 0 Å². The maximum atomic E-state index is 12.0. The Hall–Kier alpha value is -3.13. The summed E-state index contributed by atoms with van der Waals surface area (Å²) in [5.41, 5.74) is 7.45. The summed E-state index contributed by atoms with van der Waals surface area (Å²) < 4.78 is 1.82. The SMILES string of the molecule is CC(C)c1ccc(-n2cnnc2SCC(=O)NNC(=O)c2ccccc2)cc1. The van der Waals surface area contributed by atoms with Crippen LogP contribution in [0.4, 0.5) is 0 Å². The molecular formula is C20H21N5O2S. The molecule has 3 rings (SSSR count). The zero-order valence-corrected chi connectivity index (χ0v) is 16.4. The highest BCUT2D eigenvalue weighted by Crippen LogP contribution is 2.21. The van der Waals surface area contributed by atoms with Crippen LogP contribution >= 0.6 is 11.8 Å². The Morgan fingerprint density at radius 2 is 1.75 bits per heavy atom. The van der Waals surface area contributed by atoms with Gasteiger partial charge in [-0.3, -0.25) is 25.0 Å². The van der Waals surface area contributed by atoms with E-state index < -0.39 is 0 Å². The lowest BCUT2D eigenvalue weighted by Crippen LogP contribution is -2.42. The summed E-state index contributed by atoms with van der Waals surface area (Å²) in [6.45, 7) is 4.29. The molecule has 28 heavy (non-hydrogen) atoms. The van der Waals surface area contributed by atoms with Gasteiger partial charge in [-0.1, -0.05) is 55.9 Å². The number of hydrogen-bond acceptors (Lipinski definition) is 5. The first-order valence-corrected chi connectivity index (χ1v) is 9.80.